The summed E-state index contributed by atoms with van der Waals surface area (Å²) in [6, 6.07) is 23.3. The molecule has 2 aromatic heterocycles. The van der Waals surface area contributed by atoms with Crippen molar-refractivity contribution in [2.75, 3.05) is 5.32 Å². The second kappa shape index (κ2) is 8.39. The zero-order chi connectivity index (χ0) is 22.9. The molecule has 1 amide bonds. The highest BCUT2D eigenvalue weighted by Crippen LogP contribution is 2.26. The molecule has 0 radical (unpaired) electrons. The Bertz CT molecular complexity index is 1550. The van der Waals surface area contributed by atoms with Crippen LogP contribution in [0.4, 0.5) is 5.69 Å². The highest BCUT2D eigenvalue weighted by Gasteiger charge is 2.18. The molecule has 0 bridgehead atoms. The molecule has 6 nitrogen and oxygen atoms in total. The molecule has 0 unspecified atom stereocenters. The second-order valence-corrected chi connectivity index (χ2v) is 8.26. The molecule has 3 aromatic carbocycles. The normalized spacial score (nSPS) is 11.2. The number of hydrogen-bond acceptors (Lipinski definition) is 3. The van der Waals surface area contributed by atoms with Crippen molar-refractivity contribution in [3.8, 4) is 0 Å². The van der Waals surface area contributed by atoms with Crippen LogP contribution in [0.15, 0.2) is 83.9 Å². The van der Waals surface area contributed by atoms with Crippen LogP contribution < -0.4 is 10.9 Å². The summed E-state index contributed by atoms with van der Waals surface area (Å²) in [4.78, 5) is 31.2. The van der Waals surface area contributed by atoms with Gasteiger partial charge in [-0.05, 0) is 42.7 Å². The molecule has 0 aliphatic carbocycles. The Labute approximate surface area is 191 Å². The third-order valence-corrected chi connectivity index (χ3v) is 6.11. The van der Waals surface area contributed by atoms with E-state index < -0.39 is 0 Å². The number of aromatic nitrogens is 3. The molecule has 0 saturated carbocycles. The number of para-hydroxylation sites is 1. The van der Waals surface area contributed by atoms with Gasteiger partial charge in [0.05, 0.1) is 18.4 Å². The first-order valence-electron chi connectivity index (χ1n) is 10.9. The molecular weight excluding hydrogens is 412 g/mol. The molecule has 0 atom stereocenters. The molecule has 164 valence electrons. The highest BCUT2D eigenvalue weighted by molar-refractivity contribution is 6.06. The lowest BCUT2D eigenvalue weighted by Gasteiger charge is -2.12. The molecule has 33 heavy (non-hydrogen) atoms. The van der Waals surface area contributed by atoms with E-state index in [0.29, 0.717) is 17.6 Å². The van der Waals surface area contributed by atoms with Gasteiger partial charge in [-0.1, -0.05) is 60.7 Å². The predicted octanol–water partition coefficient (Wildman–Crippen LogP) is 4.66. The fourth-order valence-corrected chi connectivity index (χ4v) is 4.23. The number of amides is 1. The van der Waals surface area contributed by atoms with Gasteiger partial charge in [-0.2, -0.15) is 0 Å². The lowest BCUT2D eigenvalue weighted by Crippen LogP contribution is -2.25. The smallest absolute Gasteiger partial charge is 0.278 e. The van der Waals surface area contributed by atoms with Gasteiger partial charge < -0.3 is 9.88 Å². The summed E-state index contributed by atoms with van der Waals surface area (Å²) in [5.74, 6) is -0.191. The van der Waals surface area contributed by atoms with Crippen LogP contribution >= 0.6 is 0 Å². The average molecular weight is 437 g/mol. The third kappa shape index (κ3) is 3.80. The summed E-state index contributed by atoms with van der Waals surface area (Å²) in [5.41, 5.74) is 5.62. The van der Waals surface area contributed by atoms with Crippen molar-refractivity contribution in [3.63, 3.8) is 0 Å². The Morgan fingerprint density at radius 2 is 1.70 bits per heavy atom. The standard InChI is InChI=1S/C27H24N4O2/c1-18-9-8-13-22(19(18)2)29-24(32)16-31-23-14-7-6-12-21(23)25-26(31)27(33)30(17-28-25)15-20-10-4-3-5-11-20/h3-14,17H,15-16H2,1-2H3,(H,29,32). The van der Waals surface area contributed by atoms with Gasteiger partial charge in [-0.3, -0.25) is 14.2 Å². The minimum atomic E-state index is -0.191. The minimum Gasteiger partial charge on any atom is -0.325 e. The van der Waals surface area contributed by atoms with Crippen molar-refractivity contribution in [2.45, 2.75) is 26.9 Å². The van der Waals surface area contributed by atoms with E-state index in [1.165, 1.54) is 0 Å². The maximum atomic E-state index is 13.5. The molecular formula is C27H24N4O2. The van der Waals surface area contributed by atoms with Crippen molar-refractivity contribution < 1.29 is 4.79 Å². The first-order valence-corrected chi connectivity index (χ1v) is 10.9. The monoisotopic (exact) mass is 436 g/mol. The Hall–Kier alpha value is -4.19. The van der Waals surface area contributed by atoms with Gasteiger partial charge in [-0.15, -0.1) is 0 Å². The van der Waals surface area contributed by atoms with Gasteiger partial charge in [0.2, 0.25) is 5.91 Å². The first kappa shape index (κ1) is 20.7. The highest BCUT2D eigenvalue weighted by atomic mass is 16.2. The lowest BCUT2D eigenvalue weighted by atomic mass is 10.1. The second-order valence-electron chi connectivity index (χ2n) is 8.26. The van der Waals surface area contributed by atoms with E-state index in [4.69, 9.17) is 0 Å². The molecule has 0 aliphatic heterocycles. The maximum absolute atomic E-state index is 13.5. The van der Waals surface area contributed by atoms with Crippen molar-refractivity contribution >= 4 is 33.5 Å². The van der Waals surface area contributed by atoms with Crippen LogP contribution in [0.3, 0.4) is 0 Å². The van der Waals surface area contributed by atoms with Crippen molar-refractivity contribution in [1.82, 2.24) is 14.1 Å². The molecule has 2 heterocycles. The zero-order valence-corrected chi connectivity index (χ0v) is 18.6. The third-order valence-electron chi connectivity index (χ3n) is 6.11. The fraction of sp³-hybridized carbons (Fsp3) is 0.148. The van der Waals surface area contributed by atoms with Crippen LogP contribution in [0.25, 0.3) is 21.9 Å². The van der Waals surface area contributed by atoms with E-state index in [-0.39, 0.29) is 18.0 Å². The van der Waals surface area contributed by atoms with E-state index in [0.717, 1.165) is 33.3 Å². The first-order chi connectivity index (χ1) is 16.0. The molecule has 1 N–H and O–H groups in total. The number of carbonyl (C=O) groups excluding carboxylic acids is 1. The number of nitrogens with one attached hydrogen (secondary N) is 1. The average Bonchev–Trinajstić information content (AvgIpc) is 3.13. The van der Waals surface area contributed by atoms with E-state index in [1.54, 1.807) is 15.5 Å². The molecule has 0 fully saturated rings. The van der Waals surface area contributed by atoms with Gasteiger partial charge in [0, 0.05) is 11.1 Å². The van der Waals surface area contributed by atoms with E-state index in [2.05, 4.69) is 10.3 Å². The Balaban J connectivity index is 1.59. The summed E-state index contributed by atoms with van der Waals surface area (Å²) >= 11 is 0. The lowest BCUT2D eigenvalue weighted by molar-refractivity contribution is -0.116. The SMILES string of the molecule is Cc1cccc(NC(=O)Cn2c3ccccc3c3ncn(Cc4ccccc4)c(=O)c32)c1C. The zero-order valence-electron chi connectivity index (χ0n) is 18.6. The molecule has 0 aliphatic rings. The number of anilines is 1. The van der Waals surface area contributed by atoms with E-state index in [1.807, 2.05) is 86.6 Å². The number of benzene rings is 3. The number of hydrogen-bond donors (Lipinski definition) is 1. The summed E-state index contributed by atoms with van der Waals surface area (Å²) in [6.45, 7) is 4.43. The topological polar surface area (TPSA) is 68.9 Å². The van der Waals surface area contributed by atoms with Gasteiger partial charge >= 0.3 is 0 Å². The summed E-state index contributed by atoms with van der Waals surface area (Å²) < 4.78 is 3.37. The van der Waals surface area contributed by atoms with Gasteiger partial charge in [0.1, 0.15) is 17.6 Å². The Morgan fingerprint density at radius 3 is 2.52 bits per heavy atom. The Morgan fingerprint density at radius 1 is 0.939 bits per heavy atom. The number of carbonyl (C=O) groups is 1. The number of nitrogens with zero attached hydrogens (tertiary/aromatic N) is 3. The molecule has 6 heteroatoms. The molecule has 0 spiro atoms. The molecule has 0 saturated heterocycles. The summed E-state index contributed by atoms with van der Waals surface area (Å²) in [5, 5.41) is 3.86. The summed E-state index contributed by atoms with van der Waals surface area (Å²) in [7, 11) is 0. The Kier molecular flexibility index (Phi) is 5.26. The largest absolute Gasteiger partial charge is 0.325 e. The maximum Gasteiger partial charge on any atom is 0.278 e. The minimum absolute atomic E-state index is 0.0175. The van der Waals surface area contributed by atoms with Gasteiger partial charge in [0.15, 0.2) is 0 Å². The van der Waals surface area contributed by atoms with E-state index in [9.17, 15) is 9.59 Å². The number of aryl methyl sites for hydroxylation is 1. The van der Waals surface area contributed by atoms with Crippen molar-refractivity contribution in [1.29, 1.82) is 0 Å². The molecule has 5 aromatic rings. The van der Waals surface area contributed by atoms with Crippen LogP contribution in [0.1, 0.15) is 16.7 Å². The number of rotatable bonds is 5. The van der Waals surface area contributed by atoms with Crippen LogP contribution in [0.5, 0.6) is 0 Å². The number of fused-ring (bicyclic) bond motifs is 3. The predicted molar refractivity (Wildman–Crippen MR) is 132 cm³/mol. The van der Waals surface area contributed by atoms with Crippen molar-refractivity contribution in [3.05, 3.63) is 106 Å². The van der Waals surface area contributed by atoms with E-state index >= 15 is 0 Å². The molecule has 5 rings (SSSR count). The quantitative estimate of drug-likeness (QED) is 0.436. The van der Waals surface area contributed by atoms with Crippen LogP contribution in [-0.4, -0.2) is 20.0 Å². The summed E-state index contributed by atoms with van der Waals surface area (Å²) in [6.07, 6.45) is 1.59. The van der Waals surface area contributed by atoms with Crippen molar-refractivity contribution in [2.24, 2.45) is 0 Å². The van der Waals surface area contributed by atoms with Gasteiger partial charge in [-0.25, -0.2) is 4.98 Å². The van der Waals surface area contributed by atoms with Crippen LogP contribution in [-0.2, 0) is 17.9 Å². The fourth-order valence-electron chi connectivity index (χ4n) is 4.23. The van der Waals surface area contributed by atoms with Gasteiger partial charge in [0.25, 0.3) is 5.56 Å². The van der Waals surface area contributed by atoms with Crippen LogP contribution in [0.2, 0.25) is 0 Å². The van der Waals surface area contributed by atoms with Crippen LogP contribution in [0, 0.1) is 13.8 Å².